The summed E-state index contributed by atoms with van der Waals surface area (Å²) >= 11 is 6.22. The predicted octanol–water partition coefficient (Wildman–Crippen LogP) is 5.84. The molecule has 162 valence electrons. The number of hydrogen-bond acceptors (Lipinski definition) is 3. The summed E-state index contributed by atoms with van der Waals surface area (Å²) in [6.07, 6.45) is 1.97. The van der Waals surface area contributed by atoms with Crippen molar-refractivity contribution in [2.75, 3.05) is 18.0 Å². The smallest absolute Gasteiger partial charge is 0.261 e. The lowest BCUT2D eigenvalue weighted by Gasteiger charge is -2.33. The van der Waals surface area contributed by atoms with Crippen LogP contribution < -0.4 is 15.0 Å². The van der Waals surface area contributed by atoms with Crippen LogP contribution in [0, 0.1) is 19.8 Å². The van der Waals surface area contributed by atoms with Crippen LogP contribution in [-0.2, 0) is 4.79 Å². The highest BCUT2D eigenvalue weighted by Crippen LogP contribution is 2.27. The molecule has 30 heavy (non-hydrogen) atoms. The van der Waals surface area contributed by atoms with Crippen molar-refractivity contribution in [3.05, 3.63) is 58.1 Å². The number of nitrogens with zero attached hydrogens (tertiary/aromatic N) is 1. The molecule has 0 unspecified atom stereocenters. The molecule has 0 aliphatic carbocycles. The van der Waals surface area contributed by atoms with Gasteiger partial charge in [-0.05, 0) is 87.4 Å². The van der Waals surface area contributed by atoms with Gasteiger partial charge in [0.25, 0.3) is 5.91 Å². The molecule has 0 radical (unpaired) electrons. The van der Waals surface area contributed by atoms with E-state index in [0.717, 1.165) is 40.7 Å². The number of anilines is 1. The summed E-state index contributed by atoms with van der Waals surface area (Å²) in [5.74, 6) is 1.26. The average molecular weight is 429 g/mol. The Bertz CT molecular complexity index is 858. The second kappa shape index (κ2) is 9.74. The van der Waals surface area contributed by atoms with Gasteiger partial charge in [-0.25, -0.2) is 0 Å². The van der Waals surface area contributed by atoms with Gasteiger partial charge in [0.05, 0.1) is 6.04 Å². The summed E-state index contributed by atoms with van der Waals surface area (Å²) in [6.45, 7) is 12.2. The molecular formula is C25H33ClN2O2. The molecule has 1 N–H and O–H groups in total. The van der Waals surface area contributed by atoms with E-state index < -0.39 is 6.10 Å². The van der Waals surface area contributed by atoms with E-state index in [1.54, 1.807) is 6.92 Å². The SMILES string of the molecule is Cc1cc(O[C@@H](C)C(=O)N[C@H](C)c2ccc(N3CCC[C@@H](C)C3)cc2)cc(C)c1Cl. The second-order valence-corrected chi connectivity index (χ2v) is 9.02. The van der Waals surface area contributed by atoms with Gasteiger partial charge in [-0.1, -0.05) is 30.7 Å². The lowest BCUT2D eigenvalue weighted by molar-refractivity contribution is -0.127. The Labute approximate surface area is 185 Å². The number of nitrogens with one attached hydrogen (secondary N) is 1. The Morgan fingerprint density at radius 2 is 1.80 bits per heavy atom. The number of hydrogen-bond donors (Lipinski definition) is 1. The van der Waals surface area contributed by atoms with Crippen LogP contribution in [0.2, 0.25) is 5.02 Å². The van der Waals surface area contributed by atoms with E-state index in [2.05, 4.69) is 41.4 Å². The zero-order chi connectivity index (χ0) is 21.8. The summed E-state index contributed by atoms with van der Waals surface area (Å²) in [7, 11) is 0. The fraction of sp³-hybridized carbons (Fsp3) is 0.480. The van der Waals surface area contributed by atoms with Gasteiger partial charge in [-0.15, -0.1) is 0 Å². The number of halogens is 1. The third kappa shape index (κ3) is 5.48. The Morgan fingerprint density at radius 3 is 2.40 bits per heavy atom. The molecule has 0 aromatic heterocycles. The maximum Gasteiger partial charge on any atom is 0.261 e. The normalized spacial score (nSPS) is 18.6. The maximum absolute atomic E-state index is 12.6. The first kappa shape index (κ1) is 22.5. The zero-order valence-electron chi connectivity index (χ0n) is 18.7. The third-order valence-electron chi connectivity index (χ3n) is 5.87. The fourth-order valence-corrected chi connectivity index (χ4v) is 4.15. The molecule has 1 fully saturated rings. The summed E-state index contributed by atoms with van der Waals surface area (Å²) in [5.41, 5.74) is 4.23. The van der Waals surface area contributed by atoms with E-state index in [4.69, 9.17) is 16.3 Å². The lowest BCUT2D eigenvalue weighted by atomic mass is 9.99. The summed E-state index contributed by atoms with van der Waals surface area (Å²) < 4.78 is 5.86. The van der Waals surface area contributed by atoms with Crippen LogP contribution in [0.5, 0.6) is 5.75 Å². The van der Waals surface area contributed by atoms with Gasteiger partial charge in [0.15, 0.2) is 6.10 Å². The average Bonchev–Trinajstić information content (AvgIpc) is 2.72. The molecular weight excluding hydrogens is 396 g/mol. The molecule has 1 heterocycles. The number of aryl methyl sites for hydroxylation is 2. The highest BCUT2D eigenvalue weighted by atomic mass is 35.5. The molecule has 1 amide bonds. The molecule has 3 rings (SSSR count). The van der Waals surface area contributed by atoms with Gasteiger partial charge in [0, 0.05) is 23.8 Å². The van der Waals surface area contributed by atoms with Gasteiger partial charge >= 0.3 is 0 Å². The molecule has 1 aliphatic rings. The molecule has 0 saturated carbocycles. The van der Waals surface area contributed by atoms with Crippen LogP contribution in [0.15, 0.2) is 36.4 Å². The molecule has 5 heteroatoms. The van der Waals surface area contributed by atoms with Crippen molar-refractivity contribution in [2.45, 2.75) is 59.6 Å². The monoisotopic (exact) mass is 428 g/mol. The first-order valence-electron chi connectivity index (χ1n) is 10.8. The molecule has 1 aliphatic heterocycles. The fourth-order valence-electron chi connectivity index (χ4n) is 4.04. The minimum atomic E-state index is -0.596. The summed E-state index contributed by atoms with van der Waals surface area (Å²) in [6, 6.07) is 12.2. The molecule has 2 aromatic carbocycles. The van der Waals surface area contributed by atoms with E-state index in [1.165, 1.54) is 18.5 Å². The first-order valence-corrected chi connectivity index (χ1v) is 11.2. The van der Waals surface area contributed by atoms with Crippen LogP contribution in [0.25, 0.3) is 0 Å². The van der Waals surface area contributed by atoms with Crippen LogP contribution in [0.4, 0.5) is 5.69 Å². The number of carbonyl (C=O) groups excluding carboxylic acids is 1. The first-order chi connectivity index (χ1) is 14.2. The van der Waals surface area contributed by atoms with Gasteiger partial charge in [-0.2, -0.15) is 0 Å². The van der Waals surface area contributed by atoms with Gasteiger partial charge < -0.3 is 15.0 Å². The predicted molar refractivity (Wildman–Crippen MR) is 125 cm³/mol. The Hall–Kier alpha value is -2.20. The van der Waals surface area contributed by atoms with Crippen molar-refractivity contribution < 1.29 is 9.53 Å². The van der Waals surface area contributed by atoms with Crippen molar-refractivity contribution in [2.24, 2.45) is 5.92 Å². The molecule has 0 bridgehead atoms. The summed E-state index contributed by atoms with van der Waals surface area (Å²) in [5, 5.41) is 3.79. The molecule has 4 nitrogen and oxygen atoms in total. The van der Waals surface area contributed by atoms with Gasteiger partial charge in [0.1, 0.15) is 5.75 Å². The number of piperidine rings is 1. The molecule has 1 saturated heterocycles. The maximum atomic E-state index is 12.6. The number of carbonyl (C=O) groups is 1. The highest BCUT2D eigenvalue weighted by Gasteiger charge is 2.20. The standard InChI is InChI=1S/C25H33ClN2O2/c1-16-7-6-12-28(15-16)22-10-8-21(9-11-22)19(4)27-25(29)20(5)30-23-13-17(2)24(26)18(3)14-23/h8-11,13-14,16,19-20H,6-7,12,15H2,1-5H3,(H,27,29)/t16-,19-,20+/m1/s1. The topological polar surface area (TPSA) is 41.6 Å². The quantitative estimate of drug-likeness (QED) is 0.628. The lowest BCUT2D eigenvalue weighted by Crippen LogP contribution is -2.37. The summed E-state index contributed by atoms with van der Waals surface area (Å²) in [4.78, 5) is 15.1. The largest absolute Gasteiger partial charge is 0.481 e. The Kier molecular flexibility index (Phi) is 7.30. The highest BCUT2D eigenvalue weighted by molar-refractivity contribution is 6.32. The second-order valence-electron chi connectivity index (χ2n) is 8.65. The zero-order valence-corrected chi connectivity index (χ0v) is 19.4. The van der Waals surface area contributed by atoms with E-state index >= 15 is 0 Å². The minimum absolute atomic E-state index is 0.0911. The third-order valence-corrected chi connectivity index (χ3v) is 6.46. The van der Waals surface area contributed by atoms with Crippen molar-refractivity contribution in [1.82, 2.24) is 5.32 Å². The number of amides is 1. The Morgan fingerprint density at radius 1 is 1.17 bits per heavy atom. The molecule has 3 atom stereocenters. The number of ether oxygens (including phenoxy) is 1. The Balaban J connectivity index is 1.58. The van der Waals surface area contributed by atoms with E-state index in [0.29, 0.717) is 5.75 Å². The number of rotatable bonds is 6. The van der Waals surface area contributed by atoms with Crippen LogP contribution in [-0.4, -0.2) is 25.1 Å². The van der Waals surface area contributed by atoms with Crippen molar-refractivity contribution in [3.8, 4) is 5.75 Å². The van der Waals surface area contributed by atoms with Crippen LogP contribution >= 0.6 is 11.6 Å². The van der Waals surface area contributed by atoms with Gasteiger partial charge in [-0.3, -0.25) is 4.79 Å². The van der Waals surface area contributed by atoms with Gasteiger partial charge in [0.2, 0.25) is 0 Å². The van der Waals surface area contributed by atoms with Crippen LogP contribution in [0.3, 0.4) is 0 Å². The van der Waals surface area contributed by atoms with E-state index in [9.17, 15) is 4.79 Å². The van der Waals surface area contributed by atoms with Crippen molar-refractivity contribution >= 4 is 23.2 Å². The molecule has 2 aromatic rings. The van der Waals surface area contributed by atoms with E-state index in [1.807, 2.05) is 32.9 Å². The van der Waals surface area contributed by atoms with Crippen molar-refractivity contribution in [1.29, 1.82) is 0 Å². The molecule has 0 spiro atoms. The minimum Gasteiger partial charge on any atom is -0.481 e. The van der Waals surface area contributed by atoms with Crippen LogP contribution in [0.1, 0.15) is 56.3 Å². The number of benzene rings is 2. The van der Waals surface area contributed by atoms with E-state index in [-0.39, 0.29) is 11.9 Å². The van der Waals surface area contributed by atoms with Crippen molar-refractivity contribution in [3.63, 3.8) is 0 Å².